The van der Waals surface area contributed by atoms with Gasteiger partial charge in [0.2, 0.25) is 11.8 Å². The Hall–Kier alpha value is -4.43. The molecule has 2 aliphatic rings. The first-order valence-corrected chi connectivity index (χ1v) is 19.3. The number of piperidine rings is 1. The summed E-state index contributed by atoms with van der Waals surface area (Å²) in [5, 5.41) is 29.7. The van der Waals surface area contributed by atoms with E-state index in [1.54, 1.807) is 30.4 Å². The zero-order valence-electron chi connectivity index (χ0n) is 29.5. The molecule has 4 amide bonds. The largest absolute Gasteiger partial charge is 0.481 e. The van der Waals surface area contributed by atoms with Crippen molar-refractivity contribution < 1.29 is 29.4 Å². The number of likely N-dealkylation sites (tertiary alicyclic amines) is 1. The fourth-order valence-corrected chi connectivity index (χ4v) is 7.94. The van der Waals surface area contributed by atoms with Gasteiger partial charge in [-0.2, -0.15) is 0 Å². The second-order valence-electron chi connectivity index (χ2n) is 13.9. The van der Waals surface area contributed by atoms with Crippen LogP contribution in [0.5, 0.6) is 0 Å². The number of aromatic amines is 1. The number of imidazole rings is 1. The van der Waals surface area contributed by atoms with Crippen LogP contribution in [0.1, 0.15) is 69.0 Å². The van der Waals surface area contributed by atoms with Gasteiger partial charge in [0.05, 0.1) is 30.1 Å². The third kappa shape index (κ3) is 12.1. The highest BCUT2D eigenvalue weighted by Crippen LogP contribution is 2.29. The number of nitrogens with one attached hydrogen (secondary N) is 4. The summed E-state index contributed by atoms with van der Waals surface area (Å²) in [5.74, 6) is -1.33. The second kappa shape index (κ2) is 20.0. The number of aromatic nitrogens is 3. The van der Waals surface area contributed by atoms with Crippen LogP contribution in [0.4, 0.5) is 4.79 Å². The maximum atomic E-state index is 14.2. The van der Waals surface area contributed by atoms with Gasteiger partial charge in [0.25, 0.3) is 0 Å². The molecule has 1 saturated carbocycles. The molecule has 3 heterocycles. The first kappa shape index (κ1) is 38.8. The van der Waals surface area contributed by atoms with Crippen molar-refractivity contribution in [1.82, 2.24) is 35.8 Å². The Morgan fingerprint density at radius 3 is 2.31 bits per heavy atom. The van der Waals surface area contributed by atoms with Crippen molar-refractivity contribution in [3.63, 3.8) is 0 Å². The van der Waals surface area contributed by atoms with Crippen LogP contribution in [-0.4, -0.2) is 97.0 Å². The summed E-state index contributed by atoms with van der Waals surface area (Å²) in [4.78, 5) is 67.0. The highest BCUT2D eigenvalue weighted by molar-refractivity contribution is 7.99. The Kier molecular flexibility index (Phi) is 14.9. The number of carbonyl (C=O) groups is 4. The van der Waals surface area contributed by atoms with Crippen molar-refractivity contribution >= 4 is 35.6 Å². The number of H-pyrrole nitrogens is 1. The van der Waals surface area contributed by atoms with Gasteiger partial charge in [0.1, 0.15) is 12.1 Å². The number of aliphatic carboxylic acids is 1. The van der Waals surface area contributed by atoms with Gasteiger partial charge in [0, 0.05) is 55.2 Å². The van der Waals surface area contributed by atoms with Crippen LogP contribution < -0.4 is 16.0 Å². The number of carboxylic acids is 1. The average Bonchev–Trinajstić information content (AvgIpc) is 3.68. The fourth-order valence-electron chi connectivity index (χ4n) is 7.03. The summed E-state index contributed by atoms with van der Waals surface area (Å²) < 4.78 is 0. The SMILES string of the molecule is O=C(O)C1CCN(C(=O)N[C@@H](Cc2ccccc2)C(=O)N[C@@H](Cc2c[nH]cn2)C(=O)N[C@@H](CC2CCCCC2)[C@@H](O)CCSc2cccnc2)CC1. The number of aliphatic hydroxyl groups is 1. The third-order valence-corrected chi connectivity index (χ3v) is 11.1. The van der Waals surface area contributed by atoms with Crippen molar-refractivity contribution in [3.05, 3.63) is 78.6 Å². The number of thioether (sulfide) groups is 1. The topological polar surface area (TPSA) is 190 Å². The number of carboxylic acid groups (broad SMARTS) is 1. The first-order chi connectivity index (χ1) is 25.2. The van der Waals surface area contributed by atoms with Crippen LogP contribution in [0, 0.1) is 11.8 Å². The van der Waals surface area contributed by atoms with E-state index in [9.17, 15) is 29.4 Å². The van der Waals surface area contributed by atoms with Crippen LogP contribution in [0.2, 0.25) is 0 Å². The minimum atomic E-state index is -1.04. The number of hydrogen-bond donors (Lipinski definition) is 6. The molecule has 1 aliphatic heterocycles. The van der Waals surface area contributed by atoms with Gasteiger partial charge < -0.3 is 36.0 Å². The quantitative estimate of drug-likeness (QED) is 0.112. The summed E-state index contributed by atoms with van der Waals surface area (Å²) >= 11 is 1.60. The Labute approximate surface area is 309 Å². The number of pyridine rings is 1. The van der Waals surface area contributed by atoms with Crippen LogP contribution in [0.3, 0.4) is 0 Å². The molecule has 1 saturated heterocycles. The molecule has 280 valence electrons. The predicted molar refractivity (Wildman–Crippen MR) is 197 cm³/mol. The summed E-state index contributed by atoms with van der Waals surface area (Å²) in [5.41, 5.74) is 1.39. The maximum Gasteiger partial charge on any atom is 0.318 e. The smallest absolute Gasteiger partial charge is 0.318 e. The third-order valence-electron chi connectivity index (χ3n) is 10.1. The van der Waals surface area contributed by atoms with E-state index in [2.05, 4.69) is 30.9 Å². The highest BCUT2D eigenvalue weighted by Gasteiger charge is 2.33. The summed E-state index contributed by atoms with van der Waals surface area (Å²) in [6.45, 7) is 0.524. The van der Waals surface area contributed by atoms with Crippen molar-refractivity contribution in [1.29, 1.82) is 0 Å². The Morgan fingerprint density at radius 1 is 0.904 bits per heavy atom. The first-order valence-electron chi connectivity index (χ1n) is 18.4. The lowest BCUT2D eigenvalue weighted by Gasteiger charge is -2.32. The van der Waals surface area contributed by atoms with Gasteiger partial charge in [-0.05, 0) is 49.3 Å². The molecule has 6 N–H and O–H groups in total. The number of benzene rings is 1. The highest BCUT2D eigenvalue weighted by atomic mass is 32.2. The second-order valence-corrected chi connectivity index (χ2v) is 15.0. The lowest BCUT2D eigenvalue weighted by atomic mass is 9.83. The molecule has 4 atom stereocenters. The van der Waals surface area contributed by atoms with E-state index in [0.29, 0.717) is 43.0 Å². The van der Waals surface area contributed by atoms with Crippen molar-refractivity contribution in [3.8, 4) is 0 Å². The van der Waals surface area contributed by atoms with E-state index >= 15 is 0 Å². The van der Waals surface area contributed by atoms with E-state index in [1.165, 1.54) is 17.6 Å². The lowest BCUT2D eigenvalue weighted by Crippen LogP contribution is -2.58. The van der Waals surface area contributed by atoms with Crippen LogP contribution in [0.15, 0.2) is 72.3 Å². The number of nitrogens with zero attached hydrogens (tertiary/aromatic N) is 3. The molecule has 3 aromatic rings. The fraction of sp³-hybridized carbons (Fsp3) is 0.526. The van der Waals surface area contributed by atoms with Crippen molar-refractivity contribution in [2.24, 2.45) is 11.8 Å². The van der Waals surface area contributed by atoms with Gasteiger partial charge in [-0.15, -0.1) is 11.8 Å². The summed E-state index contributed by atoms with van der Waals surface area (Å²) in [6.07, 6.45) is 13.5. The van der Waals surface area contributed by atoms with E-state index in [0.717, 1.165) is 36.1 Å². The van der Waals surface area contributed by atoms with Crippen molar-refractivity contribution in [2.45, 2.75) is 99.8 Å². The molecule has 0 unspecified atom stereocenters. The summed E-state index contributed by atoms with van der Waals surface area (Å²) in [6, 6.07) is 10.1. The summed E-state index contributed by atoms with van der Waals surface area (Å²) in [7, 11) is 0. The molecule has 0 bridgehead atoms. The Balaban J connectivity index is 1.30. The molecule has 14 heteroatoms. The molecular formula is C38H51N7O6S. The zero-order chi connectivity index (χ0) is 36.7. The minimum Gasteiger partial charge on any atom is -0.481 e. The average molecular weight is 734 g/mol. The van der Waals surface area contributed by atoms with Gasteiger partial charge in [0.15, 0.2) is 0 Å². The normalized spacial score (nSPS) is 17.8. The number of rotatable bonds is 17. The maximum absolute atomic E-state index is 14.2. The molecule has 1 aromatic carbocycles. The van der Waals surface area contributed by atoms with Gasteiger partial charge in [-0.25, -0.2) is 9.78 Å². The van der Waals surface area contributed by atoms with Crippen LogP contribution in [0.25, 0.3) is 0 Å². The molecule has 0 radical (unpaired) electrons. The van der Waals surface area contributed by atoms with Crippen LogP contribution in [-0.2, 0) is 27.2 Å². The molecule has 2 aromatic heterocycles. The molecule has 52 heavy (non-hydrogen) atoms. The monoisotopic (exact) mass is 733 g/mol. The van der Waals surface area contributed by atoms with Crippen molar-refractivity contribution in [2.75, 3.05) is 18.8 Å². The standard InChI is InChI=1S/C38H51N7O6S/c46-34(15-19-52-30-12-7-16-39-24-30)31(20-26-8-3-1-4-9-26)42-36(48)33(22-29-23-40-25-41-29)43-35(47)32(21-27-10-5-2-6-11-27)44-38(51)45-17-13-28(14-18-45)37(49)50/h2,5-7,10-12,16,23-26,28,31-34,46H,1,3-4,8-9,13-15,17-22H2,(H,40,41)(H,42,48)(H,43,47)(H,44,51)(H,49,50)/t31-,32-,33-,34-/m0/s1. The van der Waals surface area contributed by atoms with Gasteiger partial charge in [-0.3, -0.25) is 19.4 Å². The van der Waals surface area contributed by atoms with Gasteiger partial charge in [-0.1, -0.05) is 62.4 Å². The number of hydrogen-bond acceptors (Lipinski definition) is 8. The Bertz CT molecular complexity index is 1550. The number of urea groups is 1. The van der Waals surface area contributed by atoms with Gasteiger partial charge >= 0.3 is 12.0 Å². The molecule has 2 fully saturated rings. The minimum absolute atomic E-state index is 0.0961. The van der Waals surface area contributed by atoms with E-state index in [-0.39, 0.29) is 25.9 Å². The molecule has 0 spiro atoms. The number of aliphatic hydroxyl groups excluding tert-OH is 1. The van der Waals surface area contributed by atoms with E-state index in [1.807, 2.05) is 42.5 Å². The van der Waals surface area contributed by atoms with E-state index < -0.39 is 54.0 Å². The molecular weight excluding hydrogens is 683 g/mol. The van der Waals surface area contributed by atoms with Crippen LogP contribution >= 0.6 is 11.8 Å². The zero-order valence-corrected chi connectivity index (χ0v) is 30.3. The van der Waals surface area contributed by atoms with E-state index in [4.69, 9.17) is 0 Å². The Morgan fingerprint density at radius 2 is 1.63 bits per heavy atom. The molecule has 5 rings (SSSR count). The molecule has 1 aliphatic carbocycles. The number of amides is 4. The number of carbonyl (C=O) groups excluding carboxylic acids is 3. The lowest BCUT2D eigenvalue weighted by molar-refractivity contribution is -0.143. The predicted octanol–water partition coefficient (Wildman–Crippen LogP) is 3.95. The molecule has 13 nitrogen and oxygen atoms in total.